The predicted molar refractivity (Wildman–Crippen MR) is 155 cm³/mol. The number of aromatic nitrogens is 1. The number of nitriles is 1. The van der Waals surface area contributed by atoms with E-state index in [0.717, 1.165) is 37.5 Å². The maximum atomic E-state index is 11.9. The summed E-state index contributed by atoms with van der Waals surface area (Å²) in [6.07, 6.45) is 5.18. The largest absolute Gasteiger partial charge is 0.368 e. The molecule has 3 N–H and O–H groups in total. The van der Waals surface area contributed by atoms with Gasteiger partial charge >= 0.3 is 0 Å². The number of fused-ring (bicyclic) bond motifs is 1. The maximum Gasteiger partial charge on any atom is 0.295 e. The number of benzene rings is 2. The van der Waals surface area contributed by atoms with Gasteiger partial charge in [-0.3, -0.25) is 4.55 Å². The summed E-state index contributed by atoms with van der Waals surface area (Å²) in [5.41, 5.74) is 1.40. The molecule has 0 spiro atoms. The molecule has 1 aromatic heterocycles. The van der Waals surface area contributed by atoms with Gasteiger partial charge in [0.2, 0.25) is 0 Å². The molecule has 2 aromatic carbocycles. The van der Waals surface area contributed by atoms with E-state index in [-0.39, 0.29) is 34.6 Å². The Labute approximate surface area is 233 Å². The van der Waals surface area contributed by atoms with Crippen LogP contribution in [-0.2, 0) is 20.0 Å². The molecule has 3 aromatic rings. The zero-order valence-electron chi connectivity index (χ0n) is 22.0. The van der Waals surface area contributed by atoms with Crippen LogP contribution in [0.5, 0.6) is 0 Å². The van der Waals surface area contributed by atoms with Crippen molar-refractivity contribution in [2.75, 3.05) is 22.9 Å². The number of azo groups is 1. The van der Waals surface area contributed by atoms with E-state index < -0.39 is 20.0 Å². The Hall–Kier alpha value is -3.86. The second-order valence-electron chi connectivity index (χ2n) is 9.51. The van der Waals surface area contributed by atoms with Gasteiger partial charge in [0.25, 0.3) is 10.1 Å². The van der Waals surface area contributed by atoms with Crippen LogP contribution in [0.2, 0.25) is 0 Å². The van der Waals surface area contributed by atoms with Crippen molar-refractivity contribution in [1.29, 1.82) is 5.26 Å². The minimum Gasteiger partial charge on any atom is -0.368 e. The lowest BCUT2D eigenvalue weighted by atomic mass is 9.95. The average molecular weight is 583 g/mol. The van der Waals surface area contributed by atoms with E-state index in [1.165, 1.54) is 12.1 Å². The number of nitrogens with zero attached hydrogens (tertiary/aromatic N) is 4. The lowest BCUT2D eigenvalue weighted by Gasteiger charge is -2.25. The lowest BCUT2D eigenvalue weighted by Crippen LogP contribution is -2.23. The predicted octanol–water partition coefficient (Wildman–Crippen LogP) is 5.79. The van der Waals surface area contributed by atoms with E-state index in [9.17, 15) is 26.7 Å². The van der Waals surface area contributed by atoms with Gasteiger partial charge in [0.15, 0.2) is 15.7 Å². The number of hydrogen-bond donors (Lipinski definition) is 3. The molecule has 0 bridgehead atoms. The molecule has 13 heteroatoms. The minimum absolute atomic E-state index is 0.0330. The normalized spacial score (nSPS) is 14.7. The topological polar surface area (TPSA) is 174 Å². The monoisotopic (exact) mass is 582 g/mol. The fourth-order valence-electron chi connectivity index (χ4n) is 4.69. The molecule has 0 amide bonds. The van der Waals surface area contributed by atoms with Crippen LogP contribution in [0, 0.1) is 18.3 Å². The number of nitrogens with one attached hydrogen (secondary N) is 2. The summed E-state index contributed by atoms with van der Waals surface area (Å²) < 4.78 is 57.1. The SMILES string of the molecule is C=CS(=O)(=O)CCNc1nc(NC2CCCCC2)c(N=Nc2ccc(S(=O)(=O)O)c3ccccc23)c(C)c1C#N. The fourth-order valence-corrected chi connectivity index (χ4v) is 5.94. The van der Waals surface area contributed by atoms with Crippen molar-refractivity contribution in [1.82, 2.24) is 4.98 Å². The molecule has 1 aliphatic carbocycles. The molecule has 0 atom stereocenters. The highest BCUT2D eigenvalue weighted by Crippen LogP contribution is 2.38. The Kier molecular flexibility index (Phi) is 8.82. The van der Waals surface area contributed by atoms with Crippen molar-refractivity contribution >= 4 is 53.7 Å². The Morgan fingerprint density at radius 1 is 1.07 bits per heavy atom. The highest BCUT2D eigenvalue weighted by Gasteiger charge is 2.22. The number of pyridine rings is 1. The van der Waals surface area contributed by atoms with Crippen LogP contribution in [0.4, 0.5) is 23.0 Å². The van der Waals surface area contributed by atoms with Gasteiger partial charge < -0.3 is 10.6 Å². The Balaban J connectivity index is 1.78. The van der Waals surface area contributed by atoms with Crippen molar-refractivity contribution in [3.63, 3.8) is 0 Å². The third-order valence-electron chi connectivity index (χ3n) is 6.80. The van der Waals surface area contributed by atoms with Gasteiger partial charge in [0.1, 0.15) is 22.5 Å². The van der Waals surface area contributed by atoms with Gasteiger partial charge in [0.05, 0.1) is 17.0 Å². The summed E-state index contributed by atoms with van der Waals surface area (Å²) in [5.74, 6) is 0.432. The molecule has 1 aliphatic rings. The van der Waals surface area contributed by atoms with Crippen molar-refractivity contribution in [2.24, 2.45) is 10.2 Å². The van der Waals surface area contributed by atoms with Crippen LogP contribution in [0.3, 0.4) is 0 Å². The van der Waals surface area contributed by atoms with Crippen LogP contribution >= 0.6 is 0 Å². The van der Waals surface area contributed by atoms with Crippen LogP contribution in [-0.4, -0.2) is 44.7 Å². The molecule has 0 aliphatic heterocycles. The third kappa shape index (κ3) is 6.64. The molecule has 1 heterocycles. The van der Waals surface area contributed by atoms with Gasteiger partial charge in [0, 0.05) is 34.3 Å². The summed E-state index contributed by atoms with van der Waals surface area (Å²) in [6.45, 7) is 5.07. The first-order valence-electron chi connectivity index (χ1n) is 12.8. The van der Waals surface area contributed by atoms with E-state index in [0.29, 0.717) is 33.5 Å². The molecule has 4 rings (SSSR count). The van der Waals surface area contributed by atoms with Gasteiger partial charge in [-0.25, -0.2) is 13.4 Å². The molecule has 1 fully saturated rings. The van der Waals surface area contributed by atoms with Crippen molar-refractivity contribution in [3.8, 4) is 6.07 Å². The summed E-state index contributed by atoms with van der Waals surface area (Å²) in [4.78, 5) is 4.40. The van der Waals surface area contributed by atoms with Gasteiger partial charge in [-0.1, -0.05) is 50.1 Å². The molecule has 0 saturated heterocycles. The molecule has 0 radical (unpaired) electrons. The van der Waals surface area contributed by atoms with Crippen molar-refractivity contribution in [3.05, 3.63) is 59.5 Å². The van der Waals surface area contributed by atoms with E-state index in [2.05, 4.69) is 38.5 Å². The summed E-state index contributed by atoms with van der Waals surface area (Å²) in [7, 11) is -7.90. The smallest absolute Gasteiger partial charge is 0.295 e. The van der Waals surface area contributed by atoms with E-state index >= 15 is 0 Å². The Morgan fingerprint density at radius 3 is 2.42 bits per heavy atom. The number of anilines is 2. The molecular formula is C27H30N6O5S2. The molecule has 40 heavy (non-hydrogen) atoms. The Morgan fingerprint density at radius 2 is 1.77 bits per heavy atom. The van der Waals surface area contributed by atoms with Crippen molar-refractivity contribution in [2.45, 2.75) is 50.0 Å². The van der Waals surface area contributed by atoms with Crippen LogP contribution in [0.15, 0.2) is 63.5 Å². The highest BCUT2D eigenvalue weighted by atomic mass is 32.2. The number of rotatable bonds is 10. The second-order valence-corrected chi connectivity index (χ2v) is 13.0. The third-order valence-corrected chi connectivity index (χ3v) is 9.00. The zero-order valence-corrected chi connectivity index (χ0v) is 23.6. The molecule has 210 valence electrons. The van der Waals surface area contributed by atoms with Crippen molar-refractivity contribution < 1.29 is 21.4 Å². The first kappa shape index (κ1) is 29.1. The van der Waals surface area contributed by atoms with Crippen LogP contribution < -0.4 is 10.6 Å². The van der Waals surface area contributed by atoms with E-state index in [1.807, 2.05) is 0 Å². The number of hydrogen-bond acceptors (Lipinski definition) is 10. The van der Waals surface area contributed by atoms with Crippen LogP contribution in [0.25, 0.3) is 10.8 Å². The summed E-state index contributed by atoms with van der Waals surface area (Å²) in [6, 6.07) is 11.6. The lowest BCUT2D eigenvalue weighted by molar-refractivity contribution is 0.462. The van der Waals surface area contributed by atoms with Crippen LogP contribution in [0.1, 0.15) is 43.2 Å². The van der Waals surface area contributed by atoms with Gasteiger partial charge in [-0.2, -0.15) is 13.7 Å². The highest BCUT2D eigenvalue weighted by molar-refractivity contribution is 7.94. The fraction of sp³-hybridized carbons (Fsp3) is 0.333. The second kappa shape index (κ2) is 12.1. The maximum absolute atomic E-state index is 11.9. The molecule has 0 unspecified atom stereocenters. The quantitative estimate of drug-likeness (QED) is 0.197. The van der Waals surface area contributed by atoms with E-state index in [4.69, 9.17) is 0 Å². The number of sulfone groups is 1. The Bertz CT molecular complexity index is 1720. The molecule has 11 nitrogen and oxygen atoms in total. The first-order chi connectivity index (χ1) is 19.0. The minimum atomic E-state index is -4.45. The average Bonchev–Trinajstić information content (AvgIpc) is 2.92. The zero-order chi connectivity index (χ0) is 28.9. The summed E-state index contributed by atoms with van der Waals surface area (Å²) in [5, 5.41) is 26.9. The molecular weight excluding hydrogens is 552 g/mol. The summed E-state index contributed by atoms with van der Waals surface area (Å²) >= 11 is 0. The standard InChI is InChI=1S/C27H30N6O5S2/c1-3-39(34,35)16-15-29-26-22(17-28)18(2)25(27(31-26)30-19-9-5-4-6-10-19)33-32-23-13-14-24(40(36,37)38)21-12-8-7-11-20(21)23/h3,7-8,11-14,19H,1,4-6,9-10,15-16H2,2H3,(H2,29,30,31)(H,36,37,38). The van der Waals surface area contributed by atoms with E-state index in [1.54, 1.807) is 31.2 Å². The molecule has 1 saturated carbocycles. The van der Waals surface area contributed by atoms with Gasteiger partial charge in [-0.05, 0) is 31.9 Å². The first-order valence-corrected chi connectivity index (χ1v) is 15.9. The van der Waals surface area contributed by atoms with Gasteiger partial charge in [-0.15, -0.1) is 10.2 Å².